The van der Waals surface area contributed by atoms with Gasteiger partial charge in [0.15, 0.2) is 0 Å². The summed E-state index contributed by atoms with van der Waals surface area (Å²) in [6, 6.07) is 7.39. The van der Waals surface area contributed by atoms with E-state index in [2.05, 4.69) is 0 Å². The first-order valence-corrected chi connectivity index (χ1v) is 5.67. The molecule has 1 aromatic carbocycles. The van der Waals surface area contributed by atoms with E-state index in [1.165, 1.54) is 6.92 Å². The maximum atomic E-state index is 11.9. The summed E-state index contributed by atoms with van der Waals surface area (Å²) < 4.78 is 0. The van der Waals surface area contributed by atoms with E-state index in [-0.39, 0.29) is 17.9 Å². The molecule has 0 N–H and O–H groups in total. The number of hydrogen-bond donors (Lipinski definition) is 0. The lowest BCUT2D eigenvalue weighted by atomic mass is 10.2. The zero-order valence-corrected chi connectivity index (χ0v) is 10.3. The van der Waals surface area contributed by atoms with Gasteiger partial charge >= 0.3 is 0 Å². The highest BCUT2D eigenvalue weighted by Crippen LogP contribution is 2.33. The average Bonchev–Trinajstić information content (AvgIpc) is 2.36. The Labute approximate surface area is 101 Å². The van der Waals surface area contributed by atoms with Crippen LogP contribution in [0.5, 0.6) is 0 Å². The molecular weight excluding hydrogens is 216 g/mol. The van der Waals surface area contributed by atoms with Crippen LogP contribution in [0.1, 0.15) is 20.3 Å². The van der Waals surface area contributed by atoms with Crippen LogP contribution in [0.25, 0.3) is 0 Å². The second-order valence-electron chi connectivity index (χ2n) is 4.38. The van der Waals surface area contributed by atoms with Gasteiger partial charge in [0.2, 0.25) is 11.8 Å². The molecule has 1 unspecified atom stereocenters. The molecule has 0 aromatic heterocycles. The first-order valence-electron chi connectivity index (χ1n) is 5.67. The van der Waals surface area contributed by atoms with Crippen molar-refractivity contribution in [2.24, 2.45) is 0 Å². The number of amides is 2. The Morgan fingerprint density at radius 1 is 1.29 bits per heavy atom. The van der Waals surface area contributed by atoms with Crippen molar-refractivity contribution in [1.82, 2.24) is 0 Å². The van der Waals surface area contributed by atoms with Crippen LogP contribution in [0.15, 0.2) is 24.3 Å². The summed E-state index contributed by atoms with van der Waals surface area (Å²) in [7, 11) is 1.75. The van der Waals surface area contributed by atoms with Crippen molar-refractivity contribution in [2.75, 3.05) is 16.8 Å². The van der Waals surface area contributed by atoms with Crippen molar-refractivity contribution in [3.8, 4) is 0 Å². The summed E-state index contributed by atoms with van der Waals surface area (Å²) in [5.74, 6) is 0.00162. The van der Waals surface area contributed by atoms with E-state index in [9.17, 15) is 9.59 Å². The van der Waals surface area contributed by atoms with E-state index in [1.807, 2.05) is 31.2 Å². The summed E-state index contributed by atoms with van der Waals surface area (Å²) in [5, 5.41) is 0. The molecule has 2 rings (SSSR count). The zero-order valence-electron chi connectivity index (χ0n) is 10.3. The number of carbonyl (C=O) groups is 2. The normalized spacial score (nSPS) is 19.9. The maximum Gasteiger partial charge on any atom is 0.228 e. The van der Waals surface area contributed by atoms with Crippen molar-refractivity contribution in [3.05, 3.63) is 24.3 Å². The van der Waals surface area contributed by atoms with Crippen LogP contribution in [0.3, 0.4) is 0 Å². The van der Waals surface area contributed by atoms with Gasteiger partial charge in [0.1, 0.15) is 0 Å². The van der Waals surface area contributed by atoms with E-state index >= 15 is 0 Å². The van der Waals surface area contributed by atoms with Gasteiger partial charge in [0.25, 0.3) is 0 Å². The second kappa shape index (κ2) is 4.20. The van der Waals surface area contributed by atoms with Gasteiger partial charge in [-0.05, 0) is 19.1 Å². The van der Waals surface area contributed by atoms with E-state index in [4.69, 9.17) is 0 Å². The Morgan fingerprint density at radius 3 is 2.47 bits per heavy atom. The molecule has 1 heterocycles. The molecule has 0 radical (unpaired) electrons. The highest BCUT2D eigenvalue weighted by atomic mass is 16.2. The van der Waals surface area contributed by atoms with Gasteiger partial charge in [0, 0.05) is 26.4 Å². The molecule has 0 fully saturated rings. The Balaban J connectivity index is 2.60. The molecule has 0 saturated heterocycles. The highest BCUT2D eigenvalue weighted by molar-refractivity contribution is 6.04. The van der Waals surface area contributed by atoms with Crippen LogP contribution >= 0.6 is 0 Å². The molecule has 1 aliphatic heterocycles. The molecular formula is C13H16N2O2. The van der Waals surface area contributed by atoms with Crippen LogP contribution in [0.4, 0.5) is 11.4 Å². The molecule has 2 amide bonds. The van der Waals surface area contributed by atoms with Gasteiger partial charge in [-0.2, -0.15) is 0 Å². The van der Waals surface area contributed by atoms with Gasteiger partial charge < -0.3 is 9.80 Å². The van der Waals surface area contributed by atoms with Crippen LogP contribution in [-0.4, -0.2) is 24.9 Å². The lowest BCUT2D eigenvalue weighted by molar-refractivity contribution is -0.119. The lowest BCUT2D eigenvalue weighted by Crippen LogP contribution is -2.37. The summed E-state index contributed by atoms with van der Waals surface area (Å²) in [6.07, 6.45) is 0.352. The van der Waals surface area contributed by atoms with Gasteiger partial charge in [-0.25, -0.2) is 0 Å². The summed E-state index contributed by atoms with van der Waals surface area (Å²) in [6.45, 7) is 3.43. The fraction of sp³-hybridized carbons (Fsp3) is 0.385. The number of para-hydroxylation sites is 2. The highest BCUT2D eigenvalue weighted by Gasteiger charge is 2.30. The van der Waals surface area contributed by atoms with Crippen molar-refractivity contribution in [3.63, 3.8) is 0 Å². The number of nitrogens with zero attached hydrogens (tertiary/aromatic N) is 2. The van der Waals surface area contributed by atoms with Gasteiger partial charge in [0.05, 0.1) is 11.4 Å². The predicted molar refractivity (Wildman–Crippen MR) is 67.1 cm³/mol. The van der Waals surface area contributed by atoms with Crippen molar-refractivity contribution in [1.29, 1.82) is 0 Å². The number of carbonyl (C=O) groups excluding carboxylic acids is 2. The van der Waals surface area contributed by atoms with E-state index < -0.39 is 0 Å². The maximum absolute atomic E-state index is 11.9. The monoisotopic (exact) mass is 232 g/mol. The minimum Gasteiger partial charge on any atom is -0.313 e. The smallest absolute Gasteiger partial charge is 0.228 e. The number of fused-ring (bicyclic) bond motifs is 1. The standard InChI is InChI=1S/C13H16N2O2/c1-9-8-13(17)14(3)11-6-4-5-7-12(11)15(9)10(2)16/h4-7,9H,8H2,1-3H3. The summed E-state index contributed by atoms with van der Waals surface area (Å²) in [5.41, 5.74) is 1.60. The van der Waals surface area contributed by atoms with Crippen molar-refractivity contribution >= 4 is 23.2 Å². The van der Waals surface area contributed by atoms with E-state index in [0.717, 1.165) is 11.4 Å². The predicted octanol–water partition coefficient (Wildman–Crippen LogP) is 1.79. The first-order chi connectivity index (χ1) is 8.02. The molecule has 0 saturated carbocycles. The molecule has 17 heavy (non-hydrogen) atoms. The summed E-state index contributed by atoms with van der Waals surface area (Å²) >= 11 is 0. The second-order valence-corrected chi connectivity index (χ2v) is 4.38. The van der Waals surface area contributed by atoms with Gasteiger partial charge in [-0.15, -0.1) is 0 Å². The Bertz CT molecular complexity index is 470. The molecule has 1 aliphatic rings. The Hall–Kier alpha value is -1.84. The van der Waals surface area contributed by atoms with Gasteiger partial charge in [-0.3, -0.25) is 9.59 Å². The topological polar surface area (TPSA) is 40.6 Å². The van der Waals surface area contributed by atoms with Crippen LogP contribution in [0.2, 0.25) is 0 Å². The van der Waals surface area contributed by atoms with Crippen LogP contribution < -0.4 is 9.80 Å². The lowest BCUT2D eigenvalue weighted by Gasteiger charge is -2.26. The molecule has 1 aromatic rings. The molecule has 90 valence electrons. The quantitative estimate of drug-likeness (QED) is 0.684. The van der Waals surface area contributed by atoms with E-state index in [1.54, 1.807) is 16.8 Å². The molecule has 0 aliphatic carbocycles. The van der Waals surface area contributed by atoms with Crippen molar-refractivity contribution in [2.45, 2.75) is 26.3 Å². The fourth-order valence-corrected chi connectivity index (χ4v) is 2.28. The number of anilines is 2. The Kier molecular flexibility index (Phi) is 2.88. The van der Waals surface area contributed by atoms with Crippen molar-refractivity contribution < 1.29 is 9.59 Å². The first kappa shape index (κ1) is 11.6. The molecule has 4 heteroatoms. The fourth-order valence-electron chi connectivity index (χ4n) is 2.28. The minimum atomic E-state index is -0.105. The third kappa shape index (κ3) is 1.90. The van der Waals surface area contributed by atoms with Crippen LogP contribution in [-0.2, 0) is 9.59 Å². The third-order valence-electron chi connectivity index (χ3n) is 3.13. The Morgan fingerprint density at radius 2 is 1.88 bits per heavy atom. The molecule has 4 nitrogen and oxygen atoms in total. The largest absolute Gasteiger partial charge is 0.313 e. The van der Waals surface area contributed by atoms with Crippen LogP contribution in [0, 0.1) is 0 Å². The molecule has 0 bridgehead atoms. The number of rotatable bonds is 0. The molecule has 1 atom stereocenters. The van der Waals surface area contributed by atoms with E-state index in [0.29, 0.717) is 6.42 Å². The third-order valence-corrected chi connectivity index (χ3v) is 3.13. The average molecular weight is 232 g/mol. The zero-order chi connectivity index (χ0) is 12.6. The summed E-state index contributed by atoms with van der Waals surface area (Å²) in [4.78, 5) is 27.0. The molecule has 0 spiro atoms. The minimum absolute atomic E-state index is 0.0342. The number of hydrogen-bond acceptors (Lipinski definition) is 2. The van der Waals surface area contributed by atoms with Gasteiger partial charge in [-0.1, -0.05) is 12.1 Å². The SMILES string of the molecule is CC(=O)N1c2ccccc2N(C)C(=O)CC1C. The number of benzene rings is 1.